The Labute approximate surface area is 108 Å². The highest BCUT2D eigenvalue weighted by atomic mass is 16.6. The maximum atomic E-state index is 9.32. The van der Waals surface area contributed by atoms with Crippen LogP contribution in [-0.2, 0) is 9.47 Å². The Morgan fingerprint density at radius 1 is 1.63 bits per heavy atom. The molecule has 0 unspecified atom stereocenters. The van der Waals surface area contributed by atoms with Gasteiger partial charge in [0.15, 0.2) is 23.8 Å². The van der Waals surface area contributed by atoms with Gasteiger partial charge < -0.3 is 30.6 Å². The zero-order valence-electron chi connectivity index (χ0n) is 9.78. The number of amidine groups is 1. The molecule has 9 heteroatoms. The number of aromatic amines is 1. The number of aliphatic hydroxyl groups excluding tert-OH is 1. The molecule has 3 rings (SSSR count). The van der Waals surface area contributed by atoms with Gasteiger partial charge in [0.1, 0.15) is 12.2 Å². The predicted molar refractivity (Wildman–Crippen MR) is 63.0 cm³/mol. The molecule has 4 atom stereocenters. The first-order valence-electron chi connectivity index (χ1n) is 5.69. The van der Waals surface area contributed by atoms with Crippen LogP contribution in [0.5, 0.6) is 0 Å². The second kappa shape index (κ2) is 4.42. The first kappa shape index (κ1) is 11.8. The van der Waals surface area contributed by atoms with Crippen molar-refractivity contribution >= 4 is 11.8 Å². The Morgan fingerprint density at radius 2 is 2.47 bits per heavy atom. The highest BCUT2D eigenvalue weighted by Gasteiger charge is 2.49. The van der Waals surface area contributed by atoms with Crippen molar-refractivity contribution in [2.75, 3.05) is 11.9 Å². The van der Waals surface area contributed by atoms with Crippen molar-refractivity contribution in [3.05, 3.63) is 12.0 Å². The minimum absolute atomic E-state index is 0.0562. The molecule has 0 aliphatic carbocycles. The van der Waals surface area contributed by atoms with Crippen molar-refractivity contribution in [1.82, 2.24) is 9.97 Å². The average Bonchev–Trinajstić information content (AvgIpc) is 3.05. The van der Waals surface area contributed by atoms with Gasteiger partial charge in [-0.15, -0.1) is 0 Å². The first-order valence-corrected chi connectivity index (χ1v) is 5.69. The largest absolute Gasteiger partial charge is 0.455 e. The van der Waals surface area contributed by atoms with Gasteiger partial charge in [0.05, 0.1) is 19.0 Å². The van der Waals surface area contributed by atoms with E-state index in [1.54, 1.807) is 0 Å². The second-order valence-electron chi connectivity index (χ2n) is 4.21. The topological polar surface area (TPSA) is 142 Å². The quantitative estimate of drug-likeness (QED) is 0.520. The van der Waals surface area contributed by atoms with Gasteiger partial charge in [-0.1, -0.05) is 0 Å². The number of imidazole rings is 1. The number of anilines is 1. The summed E-state index contributed by atoms with van der Waals surface area (Å²) in [5.74, 6) is 0.379. The lowest BCUT2D eigenvalue weighted by atomic mass is 10.1. The molecule has 0 aromatic carbocycles. The molecule has 1 saturated heterocycles. The predicted octanol–water partition coefficient (Wildman–Crippen LogP) is -1.51. The highest BCUT2D eigenvalue weighted by Crippen LogP contribution is 2.30. The molecule has 19 heavy (non-hydrogen) atoms. The molecule has 1 aromatic heterocycles. The van der Waals surface area contributed by atoms with Crippen molar-refractivity contribution in [2.24, 2.45) is 10.7 Å². The number of nitrogens with one attached hydrogen (secondary N) is 2. The number of aromatic nitrogens is 2. The lowest BCUT2D eigenvalue weighted by Gasteiger charge is -2.21. The highest BCUT2D eigenvalue weighted by molar-refractivity contribution is 5.73. The van der Waals surface area contributed by atoms with Crippen LogP contribution in [0, 0.1) is 11.3 Å². The molecule has 1 aromatic rings. The Bertz CT molecular complexity index is 550. The SMILES string of the molecule is N#Cc1[nH]cnc1N[C@H]1[C@H]2OC(N)=N[C@H]2O[C@@H]1CO. The van der Waals surface area contributed by atoms with Crippen molar-refractivity contribution in [1.29, 1.82) is 5.26 Å². The second-order valence-corrected chi connectivity index (χ2v) is 4.21. The number of nitrogens with zero attached hydrogens (tertiary/aromatic N) is 3. The number of nitrogens with two attached hydrogens (primary N) is 1. The van der Waals surface area contributed by atoms with E-state index in [0.29, 0.717) is 11.5 Å². The van der Waals surface area contributed by atoms with Crippen LogP contribution in [0.3, 0.4) is 0 Å². The van der Waals surface area contributed by atoms with E-state index >= 15 is 0 Å². The number of hydrogen-bond acceptors (Lipinski definition) is 8. The van der Waals surface area contributed by atoms with Crippen molar-refractivity contribution in [3.8, 4) is 6.07 Å². The molecule has 0 spiro atoms. The van der Waals surface area contributed by atoms with E-state index in [-0.39, 0.29) is 12.6 Å². The maximum absolute atomic E-state index is 9.32. The monoisotopic (exact) mass is 264 g/mol. The fourth-order valence-corrected chi connectivity index (χ4v) is 2.24. The lowest BCUT2D eigenvalue weighted by Crippen LogP contribution is -2.42. The van der Waals surface area contributed by atoms with Crippen LogP contribution < -0.4 is 11.1 Å². The van der Waals surface area contributed by atoms with Gasteiger partial charge >= 0.3 is 0 Å². The Hall–Kier alpha value is -2.31. The number of nitriles is 1. The Kier molecular flexibility index (Phi) is 2.73. The molecule has 0 radical (unpaired) electrons. The molecule has 2 aliphatic heterocycles. The number of H-pyrrole nitrogens is 1. The fourth-order valence-electron chi connectivity index (χ4n) is 2.24. The molecule has 0 bridgehead atoms. The summed E-state index contributed by atoms with van der Waals surface area (Å²) < 4.78 is 10.9. The molecular formula is C10H12N6O3. The number of aliphatic hydroxyl groups is 1. The van der Waals surface area contributed by atoms with Crippen molar-refractivity contribution in [3.63, 3.8) is 0 Å². The average molecular weight is 264 g/mol. The molecule has 100 valence electrons. The van der Waals surface area contributed by atoms with Gasteiger partial charge in [-0.3, -0.25) is 0 Å². The van der Waals surface area contributed by atoms with E-state index in [1.165, 1.54) is 6.33 Å². The van der Waals surface area contributed by atoms with Crippen LogP contribution in [0.1, 0.15) is 5.69 Å². The summed E-state index contributed by atoms with van der Waals surface area (Å²) in [6.07, 6.45) is -0.0858. The van der Waals surface area contributed by atoms with Crippen molar-refractivity contribution < 1.29 is 14.6 Å². The normalized spacial score (nSPS) is 32.3. The van der Waals surface area contributed by atoms with Crippen LogP contribution in [0.2, 0.25) is 0 Å². The third kappa shape index (κ3) is 1.87. The van der Waals surface area contributed by atoms with E-state index in [1.807, 2.05) is 6.07 Å². The van der Waals surface area contributed by atoms with E-state index < -0.39 is 24.5 Å². The number of fused-ring (bicyclic) bond motifs is 1. The van der Waals surface area contributed by atoms with Gasteiger partial charge in [-0.25, -0.2) is 4.98 Å². The smallest absolute Gasteiger partial charge is 0.285 e. The van der Waals surface area contributed by atoms with E-state index in [4.69, 9.17) is 20.5 Å². The third-order valence-corrected chi connectivity index (χ3v) is 3.10. The molecular weight excluding hydrogens is 252 g/mol. The van der Waals surface area contributed by atoms with Crippen LogP contribution in [0.25, 0.3) is 0 Å². The van der Waals surface area contributed by atoms with Crippen LogP contribution in [0.15, 0.2) is 11.3 Å². The summed E-state index contributed by atoms with van der Waals surface area (Å²) in [6, 6.07) is 1.64. The van der Waals surface area contributed by atoms with Gasteiger partial charge in [-0.2, -0.15) is 10.3 Å². The summed E-state index contributed by atoms with van der Waals surface area (Å²) >= 11 is 0. The standard InChI is InChI=1S/C10H12N6O3/c11-1-4-8(14-3-13-4)15-6-5(2-17)18-9-7(6)19-10(12)16-9/h3,5-7,9,15,17H,2H2,(H2,12,16)(H,13,14)/t5-,6-,7-,9+/m1/s1. The maximum Gasteiger partial charge on any atom is 0.285 e. The minimum Gasteiger partial charge on any atom is -0.455 e. The third-order valence-electron chi connectivity index (χ3n) is 3.10. The fraction of sp³-hybridized carbons (Fsp3) is 0.500. The molecule has 0 saturated carbocycles. The molecule has 0 amide bonds. The minimum atomic E-state index is -0.542. The van der Waals surface area contributed by atoms with Gasteiger partial charge in [0.2, 0.25) is 0 Å². The van der Waals surface area contributed by atoms with Gasteiger partial charge in [0.25, 0.3) is 6.02 Å². The summed E-state index contributed by atoms with van der Waals surface area (Å²) in [5, 5.41) is 21.3. The summed E-state index contributed by atoms with van der Waals surface area (Å²) in [5.41, 5.74) is 5.79. The lowest BCUT2D eigenvalue weighted by molar-refractivity contribution is 0.00728. The number of ether oxygens (including phenoxy) is 2. The van der Waals surface area contributed by atoms with Crippen LogP contribution >= 0.6 is 0 Å². The first-order chi connectivity index (χ1) is 9.22. The Morgan fingerprint density at radius 3 is 3.21 bits per heavy atom. The zero-order valence-corrected chi connectivity index (χ0v) is 9.78. The molecule has 5 N–H and O–H groups in total. The molecule has 1 fully saturated rings. The van der Waals surface area contributed by atoms with Crippen molar-refractivity contribution in [2.45, 2.75) is 24.5 Å². The number of hydrogen-bond donors (Lipinski definition) is 4. The number of rotatable bonds is 3. The van der Waals surface area contributed by atoms with E-state index in [0.717, 1.165) is 0 Å². The van der Waals surface area contributed by atoms with E-state index in [2.05, 4.69) is 20.3 Å². The van der Waals surface area contributed by atoms with Gasteiger partial charge in [0, 0.05) is 0 Å². The molecule has 3 heterocycles. The Balaban J connectivity index is 1.81. The summed E-state index contributed by atoms with van der Waals surface area (Å²) in [4.78, 5) is 10.7. The van der Waals surface area contributed by atoms with Crippen LogP contribution in [0.4, 0.5) is 5.82 Å². The molecule has 9 nitrogen and oxygen atoms in total. The zero-order chi connectivity index (χ0) is 13.4. The number of aliphatic imine (C=N–C) groups is 1. The van der Waals surface area contributed by atoms with Crippen LogP contribution in [-0.4, -0.2) is 52.2 Å². The summed E-state index contributed by atoms with van der Waals surface area (Å²) in [7, 11) is 0. The molecule has 2 aliphatic rings. The summed E-state index contributed by atoms with van der Waals surface area (Å²) in [6.45, 7) is -0.199. The van der Waals surface area contributed by atoms with Gasteiger partial charge in [-0.05, 0) is 0 Å². The van der Waals surface area contributed by atoms with E-state index in [9.17, 15) is 5.11 Å².